The molecule has 0 unspecified atom stereocenters. The van der Waals surface area contributed by atoms with Gasteiger partial charge in [-0.05, 0) is 38.4 Å². The van der Waals surface area contributed by atoms with Gasteiger partial charge in [-0.2, -0.15) is 4.98 Å². The van der Waals surface area contributed by atoms with Crippen molar-refractivity contribution in [1.29, 1.82) is 0 Å². The molecule has 2 aromatic rings. The van der Waals surface area contributed by atoms with E-state index in [-0.39, 0.29) is 11.1 Å². The molecule has 19 heavy (non-hydrogen) atoms. The standard InChI is InChI=1S/C11H12Cl2N4O2/c1-11(2,3)19-10(18)15-8-7-6(12)4-5-17(7)16-9(13)14-8/h4-5H,1-3H3,(H,14,15,16,18). The van der Waals surface area contributed by atoms with E-state index >= 15 is 0 Å². The van der Waals surface area contributed by atoms with Crippen LogP contribution < -0.4 is 5.32 Å². The molecule has 0 saturated heterocycles. The fourth-order valence-corrected chi connectivity index (χ4v) is 1.85. The second-order valence-electron chi connectivity index (χ2n) is 4.81. The van der Waals surface area contributed by atoms with Crippen LogP contribution in [0, 0.1) is 0 Å². The number of nitrogens with one attached hydrogen (secondary N) is 1. The van der Waals surface area contributed by atoms with Crippen LogP contribution in [-0.2, 0) is 4.74 Å². The van der Waals surface area contributed by atoms with Gasteiger partial charge in [0.15, 0.2) is 5.82 Å². The number of hydrogen-bond donors (Lipinski definition) is 1. The summed E-state index contributed by atoms with van der Waals surface area (Å²) in [6.07, 6.45) is 0.979. The van der Waals surface area contributed by atoms with Gasteiger partial charge in [0.05, 0.1) is 5.02 Å². The Morgan fingerprint density at radius 3 is 2.74 bits per heavy atom. The molecule has 102 valence electrons. The predicted molar refractivity (Wildman–Crippen MR) is 72.9 cm³/mol. The zero-order chi connectivity index (χ0) is 14.2. The summed E-state index contributed by atoms with van der Waals surface area (Å²) >= 11 is 11.8. The lowest BCUT2D eigenvalue weighted by molar-refractivity contribution is 0.0635. The quantitative estimate of drug-likeness (QED) is 0.877. The van der Waals surface area contributed by atoms with Gasteiger partial charge in [-0.25, -0.2) is 9.31 Å². The predicted octanol–water partition coefficient (Wildman–Crippen LogP) is 3.38. The minimum Gasteiger partial charge on any atom is -0.444 e. The average molecular weight is 303 g/mol. The van der Waals surface area contributed by atoms with Crippen molar-refractivity contribution in [3.8, 4) is 0 Å². The topological polar surface area (TPSA) is 68.5 Å². The van der Waals surface area contributed by atoms with Crippen LogP contribution in [0.15, 0.2) is 12.3 Å². The van der Waals surface area contributed by atoms with E-state index in [9.17, 15) is 4.79 Å². The maximum Gasteiger partial charge on any atom is 0.413 e. The summed E-state index contributed by atoms with van der Waals surface area (Å²) in [4.78, 5) is 15.7. The Hall–Kier alpha value is -1.53. The van der Waals surface area contributed by atoms with Crippen molar-refractivity contribution < 1.29 is 9.53 Å². The van der Waals surface area contributed by atoms with Crippen LogP contribution in [0.2, 0.25) is 10.3 Å². The van der Waals surface area contributed by atoms with E-state index in [1.54, 1.807) is 33.0 Å². The number of fused-ring (bicyclic) bond motifs is 1. The lowest BCUT2D eigenvalue weighted by atomic mass is 10.2. The van der Waals surface area contributed by atoms with E-state index in [0.29, 0.717) is 10.5 Å². The Balaban J connectivity index is 2.34. The highest BCUT2D eigenvalue weighted by atomic mass is 35.5. The minimum absolute atomic E-state index is 0.00850. The Morgan fingerprint density at radius 2 is 2.11 bits per heavy atom. The zero-order valence-corrected chi connectivity index (χ0v) is 12.1. The summed E-state index contributed by atoms with van der Waals surface area (Å²) in [6, 6.07) is 1.63. The molecular formula is C11H12Cl2N4O2. The van der Waals surface area contributed by atoms with Gasteiger partial charge >= 0.3 is 6.09 Å². The molecule has 2 aromatic heterocycles. The Kier molecular flexibility index (Phi) is 3.56. The number of rotatable bonds is 1. The van der Waals surface area contributed by atoms with Gasteiger partial charge in [0, 0.05) is 6.20 Å². The minimum atomic E-state index is -0.638. The van der Waals surface area contributed by atoms with Crippen LogP contribution >= 0.6 is 23.2 Å². The molecule has 0 aliphatic rings. The smallest absolute Gasteiger partial charge is 0.413 e. The summed E-state index contributed by atoms with van der Waals surface area (Å²) < 4.78 is 6.58. The number of amides is 1. The van der Waals surface area contributed by atoms with Crippen LogP contribution in [0.1, 0.15) is 20.8 Å². The number of carbonyl (C=O) groups is 1. The summed E-state index contributed by atoms with van der Waals surface area (Å²) in [7, 11) is 0. The lowest BCUT2D eigenvalue weighted by Gasteiger charge is -2.19. The third-order valence-corrected chi connectivity index (χ3v) is 2.52. The number of carbonyl (C=O) groups excluding carboxylic acids is 1. The second kappa shape index (κ2) is 4.86. The lowest BCUT2D eigenvalue weighted by Crippen LogP contribution is -2.27. The molecule has 0 fully saturated rings. The third-order valence-electron chi connectivity index (χ3n) is 2.06. The largest absolute Gasteiger partial charge is 0.444 e. The van der Waals surface area contributed by atoms with Crippen molar-refractivity contribution in [2.24, 2.45) is 0 Å². The van der Waals surface area contributed by atoms with Gasteiger partial charge in [-0.1, -0.05) is 11.6 Å². The number of anilines is 1. The van der Waals surface area contributed by atoms with Gasteiger partial charge in [0.2, 0.25) is 5.28 Å². The first-order valence-corrected chi connectivity index (χ1v) is 6.22. The van der Waals surface area contributed by atoms with E-state index in [1.807, 2.05) is 0 Å². The van der Waals surface area contributed by atoms with E-state index in [0.717, 1.165) is 0 Å². The number of ether oxygens (including phenoxy) is 1. The van der Waals surface area contributed by atoms with Gasteiger partial charge in [0.1, 0.15) is 11.1 Å². The fourth-order valence-electron chi connectivity index (χ4n) is 1.45. The summed E-state index contributed by atoms with van der Waals surface area (Å²) in [5.74, 6) is 0.198. The van der Waals surface area contributed by atoms with Crippen molar-refractivity contribution >= 4 is 40.6 Å². The molecule has 0 spiro atoms. The molecule has 0 aliphatic heterocycles. The number of nitrogens with zero attached hydrogens (tertiary/aromatic N) is 3. The van der Waals surface area contributed by atoms with Gasteiger partial charge < -0.3 is 4.74 Å². The van der Waals surface area contributed by atoms with Crippen LogP contribution in [-0.4, -0.2) is 26.3 Å². The van der Waals surface area contributed by atoms with Gasteiger partial charge in [-0.15, -0.1) is 5.10 Å². The van der Waals surface area contributed by atoms with E-state index in [4.69, 9.17) is 27.9 Å². The third kappa shape index (κ3) is 3.27. The molecule has 0 bridgehead atoms. The number of hydrogen-bond acceptors (Lipinski definition) is 4. The van der Waals surface area contributed by atoms with Gasteiger partial charge in [0.25, 0.3) is 0 Å². The van der Waals surface area contributed by atoms with Gasteiger partial charge in [-0.3, -0.25) is 5.32 Å². The van der Waals surface area contributed by atoms with E-state index < -0.39 is 11.7 Å². The van der Waals surface area contributed by atoms with Crippen molar-refractivity contribution in [2.75, 3.05) is 5.32 Å². The van der Waals surface area contributed by atoms with Crippen molar-refractivity contribution in [3.05, 3.63) is 22.6 Å². The van der Waals surface area contributed by atoms with Crippen molar-refractivity contribution in [2.45, 2.75) is 26.4 Å². The number of aromatic nitrogens is 3. The van der Waals surface area contributed by atoms with Crippen LogP contribution in [0.4, 0.5) is 10.6 Å². The highest BCUT2D eigenvalue weighted by Gasteiger charge is 2.19. The molecule has 0 radical (unpaired) electrons. The molecule has 0 aliphatic carbocycles. The molecule has 0 aromatic carbocycles. The van der Waals surface area contributed by atoms with Crippen molar-refractivity contribution in [1.82, 2.24) is 14.6 Å². The molecule has 1 amide bonds. The zero-order valence-electron chi connectivity index (χ0n) is 10.6. The SMILES string of the molecule is CC(C)(C)OC(=O)Nc1nc(Cl)nn2ccc(Cl)c12. The normalized spacial score (nSPS) is 11.6. The second-order valence-corrected chi connectivity index (χ2v) is 5.56. The maximum atomic E-state index is 11.7. The molecule has 2 rings (SSSR count). The molecular weight excluding hydrogens is 291 g/mol. The fraction of sp³-hybridized carbons (Fsp3) is 0.364. The Labute approximate surface area is 119 Å². The van der Waals surface area contributed by atoms with Crippen LogP contribution in [0.3, 0.4) is 0 Å². The summed E-state index contributed by atoms with van der Waals surface area (Å²) in [5, 5.41) is 6.84. The van der Waals surface area contributed by atoms with Crippen molar-refractivity contribution in [3.63, 3.8) is 0 Å². The van der Waals surface area contributed by atoms with Crippen LogP contribution in [0.25, 0.3) is 5.52 Å². The van der Waals surface area contributed by atoms with E-state index in [1.165, 1.54) is 4.52 Å². The van der Waals surface area contributed by atoms with Crippen LogP contribution in [0.5, 0.6) is 0 Å². The molecule has 0 atom stereocenters. The highest BCUT2D eigenvalue weighted by Crippen LogP contribution is 2.25. The monoisotopic (exact) mass is 302 g/mol. The average Bonchev–Trinajstić information content (AvgIpc) is 2.56. The molecule has 6 nitrogen and oxygen atoms in total. The first-order chi connectivity index (χ1) is 8.76. The molecule has 2 heterocycles. The first kappa shape index (κ1) is 13.9. The Morgan fingerprint density at radius 1 is 1.42 bits per heavy atom. The molecule has 1 N–H and O–H groups in total. The molecule has 8 heteroatoms. The summed E-state index contributed by atoms with van der Waals surface area (Å²) in [6.45, 7) is 5.29. The van der Waals surface area contributed by atoms with E-state index in [2.05, 4.69) is 15.4 Å². The highest BCUT2D eigenvalue weighted by molar-refractivity contribution is 6.35. The first-order valence-electron chi connectivity index (χ1n) is 5.46. The molecule has 0 saturated carbocycles. The number of halogens is 2. The summed E-state index contributed by atoms with van der Waals surface area (Å²) in [5.41, 5.74) is -0.153. The maximum absolute atomic E-state index is 11.7. The Bertz CT molecular complexity index is 633.